The average Bonchev–Trinajstić information content (AvgIpc) is 2.55. The van der Waals surface area contributed by atoms with E-state index in [0.29, 0.717) is 18.1 Å². The number of amides is 1. The highest BCUT2D eigenvalue weighted by Crippen LogP contribution is 2.36. The molecule has 2 unspecified atom stereocenters. The van der Waals surface area contributed by atoms with Gasteiger partial charge in [0, 0.05) is 38.1 Å². The van der Waals surface area contributed by atoms with Crippen molar-refractivity contribution in [2.45, 2.75) is 96.7 Å². The van der Waals surface area contributed by atoms with Crippen molar-refractivity contribution in [1.82, 2.24) is 9.80 Å². The standard InChI is InChI=1S/C20H36N2O/c1-4-17-9-11-18(12-10-17)14-21-13-15(2)22(16(3)23)20-8-6-5-7-19(20)21/h15,17-20H,4-14H2,1-3H3/t15-,17?,18?,19?,20?/m0/s1. The summed E-state index contributed by atoms with van der Waals surface area (Å²) >= 11 is 0. The number of carbonyl (C=O) groups excluding carboxylic acids is 1. The van der Waals surface area contributed by atoms with Crippen molar-refractivity contribution in [2.24, 2.45) is 11.8 Å². The van der Waals surface area contributed by atoms with Gasteiger partial charge in [-0.2, -0.15) is 0 Å². The summed E-state index contributed by atoms with van der Waals surface area (Å²) in [4.78, 5) is 17.1. The molecule has 0 radical (unpaired) electrons. The molecule has 0 aromatic rings. The van der Waals surface area contributed by atoms with Crippen LogP contribution in [0.4, 0.5) is 0 Å². The fraction of sp³-hybridized carbons (Fsp3) is 0.950. The van der Waals surface area contributed by atoms with Crippen molar-refractivity contribution < 1.29 is 4.79 Å². The molecule has 0 aromatic carbocycles. The highest BCUT2D eigenvalue weighted by Gasteiger charge is 2.42. The second kappa shape index (κ2) is 7.55. The smallest absolute Gasteiger partial charge is 0.220 e. The van der Waals surface area contributed by atoms with Gasteiger partial charge in [0.25, 0.3) is 0 Å². The molecule has 1 heterocycles. The molecule has 3 rings (SSSR count). The van der Waals surface area contributed by atoms with Gasteiger partial charge in [0.1, 0.15) is 0 Å². The van der Waals surface area contributed by atoms with Crippen molar-refractivity contribution in [3.8, 4) is 0 Å². The topological polar surface area (TPSA) is 23.6 Å². The van der Waals surface area contributed by atoms with Crippen LogP contribution in [0.25, 0.3) is 0 Å². The van der Waals surface area contributed by atoms with Crippen LogP contribution < -0.4 is 0 Å². The molecule has 1 amide bonds. The zero-order chi connectivity index (χ0) is 16.4. The van der Waals surface area contributed by atoms with E-state index in [9.17, 15) is 4.79 Å². The molecule has 3 fully saturated rings. The first kappa shape index (κ1) is 17.3. The van der Waals surface area contributed by atoms with Gasteiger partial charge in [-0.15, -0.1) is 0 Å². The molecule has 3 heteroatoms. The Hall–Kier alpha value is -0.570. The minimum Gasteiger partial charge on any atom is -0.334 e. The summed E-state index contributed by atoms with van der Waals surface area (Å²) in [6.07, 6.45) is 12.3. The monoisotopic (exact) mass is 320 g/mol. The van der Waals surface area contributed by atoms with Crippen molar-refractivity contribution in [3.63, 3.8) is 0 Å². The normalized spacial score (nSPS) is 39.1. The van der Waals surface area contributed by atoms with E-state index in [-0.39, 0.29) is 5.91 Å². The third-order valence-electron chi connectivity index (χ3n) is 6.89. The fourth-order valence-corrected chi connectivity index (χ4v) is 5.64. The first-order valence-electron chi connectivity index (χ1n) is 10.1. The molecule has 132 valence electrons. The molecule has 2 saturated carbocycles. The molecular formula is C20H36N2O. The van der Waals surface area contributed by atoms with E-state index in [0.717, 1.165) is 18.4 Å². The van der Waals surface area contributed by atoms with E-state index >= 15 is 0 Å². The van der Waals surface area contributed by atoms with E-state index in [4.69, 9.17) is 0 Å². The van der Waals surface area contributed by atoms with Crippen LogP contribution in [0.5, 0.6) is 0 Å². The summed E-state index contributed by atoms with van der Waals surface area (Å²) in [5.41, 5.74) is 0. The molecule has 3 aliphatic rings. The lowest BCUT2D eigenvalue weighted by molar-refractivity contribution is -0.142. The second-order valence-electron chi connectivity index (χ2n) is 8.44. The Balaban J connectivity index is 1.64. The highest BCUT2D eigenvalue weighted by atomic mass is 16.2. The van der Waals surface area contributed by atoms with E-state index in [1.165, 1.54) is 64.3 Å². The Morgan fingerprint density at radius 3 is 2.17 bits per heavy atom. The maximum Gasteiger partial charge on any atom is 0.220 e. The molecule has 0 spiro atoms. The van der Waals surface area contributed by atoms with Crippen LogP contribution >= 0.6 is 0 Å². The van der Waals surface area contributed by atoms with Gasteiger partial charge in [-0.05, 0) is 44.4 Å². The zero-order valence-corrected chi connectivity index (χ0v) is 15.5. The number of piperazine rings is 1. The Labute approximate surface area is 142 Å². The van der Waals surface area contributed by atoms with Crippen LogP contribution in [-0.2, 0) is 4.79 Å². The third kappa shape index (κ3) is 3.75. The first-order chi connectivity index (χ1) is 11.1. The summed E-state index contributed by atoms with van der Waals surface area (Å²) in [6.45, 7) is 8.75. The quantitative estimate of drug-likeness (QED) is 0.782. The zero-order valence-electron chi connectivity index (χ0n) is 15.5. The minimum atomic E-state index is 0.289. The van der Waals surface area contributed by atoms with Crippen LogP contribution in [-0.4, -0.2) is 46.9 Å². The molecule has 1 saturated heterocycles. The van der Waals surface area contributed by atoms with Gasteiger partial charge in [-0.1, -0.05) is 39.0 Å². The highest BCUT2D eigenvalue weighted by molar-refractivity contribution is 5.74. The summed E-state index contributed by atoms with van der Waals surface area (Å²) in [7, 11) is 0. The van der Waals surface area contributed by atoms with Gasteiger partial charge in [-0.25, -0.2) is 0 Å². The predicted octanol–water partition coefficient (Wildman–Crippen LogP) is 4.07. The van der Waals surface area contributed by atoms with Crippen LogP contribution in [0, 0.1) is 11.8 Å². The van der Waals surface area contributed by atoms with Gasteiger partial charge >= 0.3 is 0 Å². The second-order valence-corrected chi connectivity index (χ2v) is 8.44. The van der Waals surface area contributed by atoms with E-state index in [1.54, 1.807) is 6.92 Å². The van der Waals surface area contributed by atoms with E-state index < -0.39 is 0 Å². The summed E-state index contributed by atoms with van der Waals surface area (Å²) < 4.78 is 0. The fourth-order valence-electron chi connectivity index (χ4n) is 5.64. The van der Waals surface area contributed by atoms with Crippen LogP contribution in [0.1, 0.15) is 78.6 Å². The lowest BCUT2D eigenvalue weighted by Gasteiger charge is -2.53. The summed E-state index contributed by atoms with van der Waals surface area (Å²) in [6, 6.07) is 1.50. The van der Waals surface area contributed by atoms with Gasteiger partial charge in [0.2, 0.25) is 5.91 Å². The Kier molecular flexibility index (Phi) is 5.66. The van der Waals surface area contributed by atoms with E-state index in [2.05, 4.69) is 23.6 Å². The number of hydrogen-bond donors (Lipinski definition) is 0. The van der Waals surface area contributed by atoms with Crippen molar-refractivity contribution in [1.29, 1.82) is 0 Å². The lowest BCUT2D eigenvalue weighted by Crippen LogP contribution is -2.65. The van der Waals surface area contributed by atoms with Gasteiger partial charge in [0.15, 0.2) is 0 Å². The molecule has 0 bridgehead atoms. The lowest BCUT2D eigenvalue weighted by atomic mass is 9.79. The SMILES string of the molecule is CCC1CCC(CN2C[C@H](C)N(C(C)=O)C3CCCCC32)CC1. The molecular weight excluding hydrogens is 284 g/mol. The number of hydrogen-bond acceptors (Lipinski definition) is 2. The molecule has 1 aliphatic heterocycles. The summed E-state index contributed by atoms with van der Waals surface area (Å²) in [5, 5.41) is 0. The van der Waals surface area contributed by atoms with Gasteiger partial charge in [-0.3, -0.25) is 9.69 Å². The molecule has 3 atom stereocenters. The molecule has 2 aliphatic carbocycles. The van der Waals surface area contributed by atoms with Crippen LogP contribution in [0.3, 0.4) is 0 Å². The Morgan fingerprint density at radius 2 is 1.57 bits per heavy atom. The average molecular weight is 321 g/mol. The number of rotatable bonds is 3. The Morgan fingerprint density at radius 1 is 0.957 bits per heavy atom. The Bertz CT molecular complexity index is 402. The van der Waals surface area contributed by atoms with Crippen molar-refractivity contribution >= 4 is 5.91 Å². The molecule has 0 aromatic heterocycles. The van der Waals surface area contributed by atoms with Crippen LogP contribution in [0.2, 0.25) is 0 Å². The number of fused-ring (bicyclic) bond motifs is 1. The molecule has 3 nitrogen and oxygen atoms in total. The maximum absolute atomic E-state index is 12.1. The summed E-state index contributed by atoms with van der Waals surface area (Å²) in [5.74, 6) is 2.18. The van der Waals surface area contributed by atoms with Crippen molar-refractivity contribution in [2.75, 3.05) is 13.1 Å². The number of carbonyl (C=O) groups is 1. The largest absolute Gasteiger partial charge is 0.334 e. The molecule has 23 heavy (non-hydrogen) atoms. The first-order valence-corrected chi connectivity index (χ1v) is 10.1. The van der Waals surface area contributed by atoms with Gasteiger partial charge < -0.3 is 4.90 Å². The van der Waals surface area contributed by atoms with Crippen LogP contribution in [0.15, 0.2) is 0 Å². The van der Waals surface area contributed by atoms with E-state index in [1.807, 2.05) is 0 Å². The minimum absolute atomic E-state index is 0.289. The third-order valence-corrected chi connectivity index (χ3v) is 6.89. The molecule has 0 N–H and O–H groups in total. The predicted molar refractivity (Wildman–Crippen MR) is 95.3 cm³/mol. The number of nitrogens with zero attached hydrogens (tertiary/aromatic N) is 2. The van der Waals surface area contributed by atoms with Crippen molar-refractivity contribution in [3.05, 3.63) is 0 Å². The maximum atomic E-state index is 12.1. The van der Waals surface area contributed by atoms with Gasteiger partial charge in [0.05, 0.1) is 0 Å².